The zero-order valence-electron chi connectivity index (χ0n) is 44.7. The van der Waals surface area contributed by atoms with Crippen molar-refractivity contribution in [3.63, 3.8) is 0 Å². The molecule has 16 heteroatoms. The molecule has 5 aromatic carbocycles. The van der Waals surface area contributed by atoms with Crippen molar-refractivity contribution in [2.45, 2.75) is 101 Å². The number of anilines is 1. The highest BCUT2D eigenvalue weighted by Gasteiger charge is 2.66. The number of unbranched alkanes of at least 4 members (excludes halogenated alkanes) is 2. The Labute approximate surface area is 456 Å². The van der Waals surface area contributed by atoms with Gasteiger partial charge in [-0.05, 0) is 108 Å². The quantitative estimate of drug-likeness (QED) is 0.0285. The lowest BCUT2D eigenvalue weighted by atomic mass is 9.55. The number of benzene rings is 5. The molecule has 4 aliphatic rings. The third-order valence-corrected chi connectivity index (χ3v) is 15.3. The van der Waals surface area contributed by atoms with Crippen molar-refractivity contribution in [2.75, 3.05) is 59.2 Å². The number of fused-ring (bicyclic) bond motifs is 3. The molecule has 0 aromatic heterocycles. The van der Waals surface area contributed by atoms with E-state index in [-0.39, 0.29) is 63.6 Å². The summed E-state index contributed by atoms with van der Waals surface area (Å²) in [5.41, 5.74) is 4.49. The third kappa shape index (κ3) is 13.0. The summed E-state index contributed by atoms with van der Waals surface area (Å²) in [4.78, 5) is 37.3. The Morgan fingerprint density at radius 2 is 1.67 bits per heavy atom. The number of ether oxygens (including phenoxy) is 8. The maximum atomic E-state index is 15.4. The van der Waals surface area contributed by atoms with Crippen molar-refractivity contribution in [1.82, 2.24) is 4.90 Å². The van der Waals surface area contributed by atoms with Crippen molar-refractivity contribution in [1.29, 1.82) is 0 Å². The van der Waals surface area contributed by atoms with Crippen molar-refractivity contribution in [2.24, 2.45) is 22.9 Å². The molecule has 2 amide bonds. The number of nitrogens with zero attached hydrogens (tertiary/aromatic N) is 2. The van der Waals surface area contributed by atoms with Gasteiger partial charge in [0.05, 0.1) is 64.5 Å². The first-order chi connectivity index (χ1) is 38.3. The number of methoxy groups -OCH3 is 2. The van der Waals surface area contributed by atoms with Gasteiger partial charge in [0.25, 0.3) is 0 Å². The number of aliphatic hydroxyl groups is 2. The van der Waals surface area contributed by atoms with Gasteiger partial charge in [0.15, 0.2) is 0 Å². The van der Waals surface area contributed by atoms with Gasteiger partial charge in [-0.2, -0.15) is 0 Å². The molecule has 9 rings (SSSR count). The summed E-state index contributed by atoms with van der Waals surface area (Å²) < 4.78 is 50.2. The molecule has 2 aliphatic carbocycles. The molecule has 7 atom stereocenters. The fraction of sp³-hybridized carbons (Fsp3) is 0.435. The summed E-state index contributed by atoms with van der Waals surface area (Å²) in [5.74, 6) is -1.14. The van der Waals surface area contributed by atoms with Crippen LogP contribution in [0.3, 0.4) is 0 Å². The monoisotopic (exact) mass is 1070 g/mol. The highest BCUT2D eigenvalue weighted by atomic mass is 16.8. The van der Waals surface area contributed by atoms with E-state index in [0.717, 1.165) is 58.7 Å². The number of hydrogen-bond acceptors (Lipinski definition) is 14. The van der Waals surface area contributed by atoms with Crippen LogP contribution in [0.5, 0.6) is 23.0 Å². The molecule has 0 bridgehead atoms. The van der Waals surface area contributed by atoms with E-state index >= 15 is 4.79 Å². The second kappa shape index (κ2) is 27.1. The minimum atomic E-state index is -1.61. The number of rotatable bonds is 25. The Hall–Kier alpha value is -6.95. The fourth-order valence-corrected chi connectivity index (χ4v) is 11.7. The van der Waals surface area contributed by atoms with Crippen LogP contribution in [0, 0.1) is 17.8 Å². The van der Waals surface area contributed by atoms with Crippen LogP contribution >= 0.6 is 0 Å². The fourth-order valence-electron chi connectivity index (χ4n) is 11.7. The summed E-state index contributed by atoms with van der Waals surface area (Å²) in [7, 11) is 3.06. The average molecular weight is 1070 g/mol. The maximum absolute atomic E-state index is 15.4. The van der Waals surface area contributed by atoms with E-state index in [0.29, 0.717) is 74.0 Å². The molecule has 1 saturated carbocycles. The molecule has 2 fully saturated rings. The minimum Gasteiger partial charge on any atom is -0.497 e. The molecular weight excluding hydrogens is 995 g/mol. The van der Waals surface area contributed by atoms with Crippen LogP contribution in [0.4, 0.5) is 15.3 Å². The Bertz CT molecular complexity index is 2870. The first-order valence-corrected chi connectivity index (χ1v) is 27.4. The van der Waals surface area contributed by atoms with Crippen molar-refractivity contribution in [3.8, 4) is 23.0 Å². The zero-order chi connectivity index (χ0) is 54.3. The first-order valence-electron chi connectivity index (χ1n) is 27.4. The number of nitrogens with one attached hydrogen (secondary N) is 1. The first kappa shape index (κ1) is 55.8. The highest BCUT2D eigenvalue weighted by Crippen LogP contribution is 2.62. The lowest BCUT2D eigenvalue weighted by molar-refractivity contribution is -0.256. The van der Waals surface area contributed by atoms with E-state index in [4.69, 9.17) is 47.9 Å². The molecule has 78 heavy (non-hydrogen) atoms. The predicted molar refractivity (Wildman–Crippen MR) is 296 cm³/mol. The molecule has 2 heterocycles. The number of hydrogen-bond donors (Lipinski definition) is 3. The van der Waals surface area contributed by atoms with E-state index < -0.39 is 42.1 Å². The average Bonchev–Trinajstić information content (AvgIpc) is 3.20. The maximum Gasteiger partial charge on any atom is 0.417 e. The van der Waals surface area contributed by atoms with Gasteiger partial charge >= 0.3 is 12.2 Å². The van der Waals surface area contributed by atoms with Crippen LogP contribution in [-0.2, 0) is 36.9 Å². The lowest BCUT2D eigenvalue weighted by Gasteiger charge is -2.60. The van der Waals surface area contributed by atoms with Gasteiger partial charge in [0.1, 0.15) is 35.6 Å². The van der Waals surface area contributed by atoms with Crippen LogP contribution in [0.2, 0.25) is 0 Å². The van der Waals surface area contributed by atoms with Gasteiger partial charge < -0.3 is 52.9 Å². The standard InChI is InChI=1S/C62H73N3O13/c1-4-32-75-62-56(65(40-45-22-16-21-43-19-8-9-23-48(43)45)61(69)74-35-34-72-41-42-17-6-5-7-18-42)39-53(64-78-57-25-12-15-33-73-57)50-36-44(20-10-13-30-66)49(24-11-14-31-67)58(59(50)62)51-37-47(27-29-54(51)77-62)76-60(68)63-52-28-26-46(70-2)38-55(52)71-3/h4-9,16-19,21-23,26-29,36-38,44,49,56-59,66-67H,1,10-15,20,24-25,30-35,39-41H2,2-3H3,(H,63,68)/t44-,49+,56-,57?,58+,59+,62+/m0/s1. The molecule has 1 saturated heterocycles. The van der Waals surface area contributed by atoms with E-state index in [1.165, 1.54) is 7.11 Å². The highest BCUT2D eigenvalue weighted by molar-refractivity contribution is 6.03. The van der Waals surface area contributed by atoms with E-state index in [1.807, 2.05) is 78.9 Å². The summed E-state index contributed by atoms with van der Waals surface area (Å²) in [6.07, 6.45) is 8.79. The molecule has 1 unspecified atom stereocenters. The van der Waals surface area contributed by atoms with Crippen LogP contribution in [0.25, 0.3) is 10.8 Å². The largest absolute Gasteiger partial charge is 0.497 e. The SMILES string of the molecule is C=CCO[C@@]12Oc3ccc(OC(=O)Nc4ccc(OC)cc4OC)cc3[C@H]3[C@H](CCCCO)[C@@H](CCCCO)C=C(C(=NOC4CCCCO4)C[C@@H]1N(Cc1cccc4ccccc14)C(=O)OCCOCc1ccccc1)[C@H]32. The predicted octanol–water partition coefficient (Wildman–Crippen LogP) is 11.5. The van der Waals surface area contributed by atoms with Crippen LogP contribution in [-0.4, -0.2) is 105 Å². The summed E-state index contributed by atoms with van der Waals surface area (Å²) in [6, 6.07) is 33.4. The van der Waals surface area contributed by atoms with Gasteiger partial charge in [-0.15, -0.1) is 6.58 Å². The van der Waals surface area contributed by atoms with E-state index in [2.05, 4.69) is 18.0 Å². The Morgan fingerprint density at radius 1 is 0.872 bits per heavy atom. The van der Waals surface area contributed by atoms with Gasteiger partial charge in [0.2, 0.25) is 12.1 Å². The molecule has 3 N–H and O–H groups in total. The number of carbonyl (C=O) groups excluding carboxylic acids is 2. The van der Waals surface area contributed by atoms with Crippen LogP contribution in [0.15, 0.2) is 139 Å². The third-order valence-electron chi connectivity index (χ3n) is 15.3. The normalized spacial score (nSPS) is 22.7. The van der Waals surface area contributed by atoms with Crippen molar-refractivity contribution >= 4 is 34.4 Å². The molecule has 0 spiro atoms. The molecule has 16 nitrogen and oxygen atoms in total. The Kier molecular flexibility index (Phi) is 19.4. The number of amides is 2. The number of carbonyl (C=O) groups is 2. The summed E-state index contributed by atoms with van der Waals surface area (Å²) in [6.45, 7) is 5.36. The van der Waals surface area contributed by atoms with E-state index in [9.17, 15) is 15.0 Å². The lowest BCUT2D eigenvalue weighted by Crippen LogP contribution is -2.70. The Balaban J connectivity index is 1.19. The van der Waals surface area contributed by atoms with Gasteiger partial charge in [-0.1, -0.05) is 103 Å². The zero-order valence-corrected chi connectivity index (χ0v) is 44.7. The number of oxime groups is 1. The molecule has 0 radical (unpaired) electrons. The molecule has 2 aliphatic heterocycles. The van der Waals surface area contributed by atoms with Gasteiger partial charge in [-0.3, -0.25) is 10.2 Å². The van der Waals surface area contributed by atoms with Crippen LogP contribution in [0.1, 0.15) is 86.8 Å². The van der Waals surface area contributed by atoms with Crippen molar-refractivity contribution < 1.29 is 62.5 Å². The Morgan fingerprint density at radius 3 is 2.45 bits per heavy atom. The topological polar surface area (TPSA) is 185 Å². The smallest absolute Gasteiger partial charge is 0.417 e. The van der Waals surface area contributed by atoms with E-state index in [1.54, 1.807) is 48.4 Å². The summed E-state index contributed by atoms with van der Waals surface area (Å²) >= 11 is 0. The number of aliphatic hydroxyl groups excluding tert-OH is 2. The minimum absolute atomic E-state index is 0.0250. The van der Waals surface area contributed by atoms with Crippen LogP contribution < -0.4 is 24.3 Å². The molecular formula is C62H73N3O13. The van der Waals surface area contributed by atoms with Gasteiger partial charge in [0, 0.05) is 43.6 Å². The molecule has 414 valence electrons. The summed E-state index contributed by atoms with van der Waals surface area (Å²) in [5, 5.41) is 30.1. The van der Waals surface area contributed by atoms with Gasteiger partial charge in [-0.25, -0.2) is 9.59 Å². The second-order valence-corrected chi connectivity index (χ2v) is 20.2. The second-order valence-electron chi connectivity index (χ2n) is 20.2. The van der Waals surface area contributed by atoms with Crippen molar-refractivity contribution in [3.05, 3.63) is 150 Å². The number of allylic oxidation sites excluding steroid dienone is 1. The molecule has 5 aromatic rings.